The van der Waals surface area contributed by atoms with Crippen LogP contribution in [-0.2, 0) is 0 Å². The summed E-state index contributed by atoms with van der Waals surface area (Å²) in [6.07, 6.45) is 0. The van der Waals surface area contributed by atoms with Gasteiger partial charge in [0.1, 0.15) is 18.2 Å². The molecule has 0 radical (unpaired) electrons. The molecule has 1 atom stereocenters. The van der Waals surface area contributed by atoms with E-state index in [0.717, 1.165) is 6.07 Å². The van der Waals surface area contributed by atoms with Gasteiger partial charge in [-0.15, -0.1) is 0 Å². The van der Waals surface area contributed by atoms with Crippen LogP contribution in [0.3, 0.4) is 0 Å². The molecule has 0 amide bonds. The fraction of sp³-hybridized carbons (Fsp3) is 0.222. The molecule has 0 aliphatic carbocycles. The second-order valence-electron chi connectivity index (χ2n) is 3.09. The highest BCUT2D eigenvalue weighted by Gasteiger charge is 2.24. The van der Waals surface area contributed by atoms with Crippen LogP contribution in [0.2, 0.25) is 0 Å². The van der Waals surface area contributed by atoms with E-state index in [1.54, 1.807) is 0 Å². The molecule has 0 aromatic heterocycles. The maximum atomic E-state index is 13.2. The number of halogens is 1. The quantitative estimate of drug-likeness (QED) is 0.702. The van der Waals surface area contributed by atoms with Crippen LogP contribution in [0.5, 0.6) is 5.75 Å². The van der Waals surface area contributed by atoms with Crippen molar-refractivity contribution in [2.45, 2.75) is 6.04 Å². The summed E-state index contributed by atoms with van der Waals surface area (Å²) in [5.41, 5.74) is 5.73. The molecule has 4 nitrogen and oxygen atoms in total. The molecule has 0 saturated carbocycles. The topological polar surface area (TPSA) is 72.5 Å². The third-order valence-electron chi connectivity index (χ3n) is 2.15. The van der Waals surface area contributed by atoms with Gasteiger partial charge in [-0.25, -0.2) is 9.18 Å². The molecule has 14 heavy (non-hydrogen) atoms. The highest BCUT2D eigenvalue weighted by Crippen LogP contribution is 2.32. The fourth-order valence-corrected chi connectivity index (χ4v) is 1.42. The first-order valence-electron chi connectivity index (χ1n) is 4.04. The maximum absolute atomic E-state index is 13.2. The number of ether oxygens (including phenoxy) is 1. The number of benzene rings is 1. The Bertz CT molecular complexity index is 405. The Hall–Kier alpha value is -1.62. The molecule has 0 bridgehead atoms. The van der Waals surface area contributed by atoms with E-state index in [1.165, 1.54) is 6.07 Å². The molecule has 3 N–H and O–H groups in total. The number of carboxylic acid groups (broad SMARTS) is 1. The van der Waals surface area contributed by atoms with E-state index in [2.05, 4.69) is 0 Å². The second-order valence-corrected chi connectivity index (χ2v) is 3.09. The van der Waals surface area contributed by atoms with Crippen LogP contribution in [0.15, 0.2) is 12.1 Å². The second kappa shape index (κ2) is 2.95. The van der Waals surface area contributed by atoms with E-state index in [0.29, 0.717) is 11.3 Å². The zero-order valence-electron chi connectivity index (χ0n) is 7.16. The number of rotatable bonds is 1. The van der Waals surface area contributed by atoms with Gasteiger partial charge in [-0.2, -0.15) is 0 Å². The van der Waals surface area contributed by atoms with E-state index in [1.807, 2.05) is 0 Å². The van der Waals surface area contributed by atoms with E-state index in [9.17, 15) is 9.18 Å². The van der Waals surface area contributed by atoms with Crippen molar-refractivity contribution in [1.29, 1.82) is 0 Å². The molecule has 0 saturated heterocycles. The molecule has 2 rings (SSSR count). The molecular formula is C9H8FNO3. The van der Waals surface area contributed by atoms with Crippen molar-refractivity contribution in [2.24, 2.45) is 5.73 Å². The first-order chi connectivity index (χ1) is 6.59. The van der Waals surface area contributed by atoms with Gasteiger partial charge >= 0.3 is 5.97 Å². The molecule has 0 fully saturated rings. The zero-order chi connectivity index (χ0) is 10.3. The summed E-state index contributed by atoms with van der Waals surface area (Å²) in [6.45, 7) is 0.262. The predicted molar refractivity (Wildman–Crippen MR) is 45.8 cm³/mol. The highest BCUT2D eigenvalue weighted by atomic mass is 19.1. The van der Waals surface area contributed by atoms with Crippen molar-refractivity contribution in [3.8, 4) is 5.75 Å². The standard InChI is InChI=1S/C9H8FNO3/c10-6-1-5-7(11)3-14-8(5)2-4(6)9(12)13/h1-2,7H,3,11H2,(H,12,13). The number of aromatic carboxylic acids is 1. The molecule has 1 aliphatic rings. The molecule has 5 heteroatoms. The van der Waals surface area contributed by atoms with Crippen LogP contribution in [0.25, 0.3) is 0 Å². The van der Waals surface area contributed by atoms with E-state index >= 15 is 0 Å². The van der Waals surface area contributed by atoms with Gasteiger partial charge < -0.3 is 15.6 Å². The lowest BCUT2D eigenvalue weighted by Gasteiger charge is -2.03. The normalized spacial score (nSPS) is 18.9. The van der Waals surface area contributed by atoms with Crippen LogP contribution in [0, 0.1) is 5.82 Å². The molecule has 1 unspecified atom stereocenters. The van der Waals surface area contributed by atoms with Crippen LogP contribution < -0.4 is 10.5 Å². The number of fused-ring (bicyclic) bond motifs is 1. The molecule has 1 aromatic carbocycles. The van der Waals surface area contributed by atoms with Gasteiger partial charge in [-0.1, -0.05) is 0 Å². The zero-order valence-corrected chi connectivity index (χ0v) is 7.16. The smallest absolute Gasteiger partial charge is 0.338 e. The Labute approximate surface area is 79.1 Å². The summed E-state index contributed by atoms with van der Waals surface area (Å²) in [5.74, 6) is -1.73. The van der Waals surface area contributed by atoms with Crippen molar-refractivity contribution in [2.75, 3.05) is 6.61 Å². The Morgan fingerprint density at radius 3 is 3.00 bits per heavy atom. The van der Waals surface area contributed by atoms with E-state index < -0.39 is 17.3 Å². The lowest BCUT2D eigenvalue weighted by Crippen LogP contribution is -2.11. The average molecular weight is 197 g/mol. The Morgan fingerprint density at radius 2 is 2.36 bits per heavy atom. The largest absolute Gasteiger partial charge is 0.491 e. The van der Waals surface area contributed by atoms with Crippen molar-refractivity contribution in [3.63, 3.8) is 0 Å². The summed E-state index contributed by atoms with van der Waals surface area (Å²) in [6, 6.07) is 1.92. The SMILES string of the molecule is NC1COc2cc(C(=O)O)c(F)cc21. The lowest BCUT2D eigenvalue weighted by atomic mass is 10.1. The first-order valence-corrected chi connectivity index (χ1v) is 4.04. The Balaban J connectivity index is 2.55. The van der Waals surface area contributed by atoms with Gasteiger partial charge in [-0.05, 0) is 12.1 Å². The van der Waals surface area contributed by atoms with Crippen molar-refractivity contribution < 1.29 is 19.0 Å². The third-order valence-corrected chi connectivity index (χ3v) is 2.15. The number of hydrogen-bond acceptors (Lipinski definition) is 3. The molecule has 1 heterocycles. The van der Waals surface area contributed by atoms with Gasteiger partial charge in [-0.3, -0.25) is 0 Å². The summed E-state index contributed by atoms with van der Waals surface area (Å²) in [4.78, 5) is 10.6. The van der Waals surface area contributed by atoms with Gasteiger partial charge in [0.25, 0.3) is 0 Å². The highest BCUT2D eigenvalue weighted by molar-refractivity contribution is 5.88. The number of carbonyl (C=O) groups is 1. The van der Waals surface area contributed by atoms with Crippen molar-refractivity contribution in [1.82, 2.24) is 0 Å². The Kier molecular flexibility index (Phi) is 1.89. The number of carboxylic acids is 1. The van der Waals surface area contributed by atoms with E-state index in [-0.39, 0.29) is 12.6 Å². The molecule has 0 spiro atoms. The van der Waals surface area contributed by atoms with Gasteiger partial charge in [0.15, 0.2) is 0 Å². The summed E-state index contributed by atoms with van der Waals surface area (Å²) < 4.78 is 18.3. The summed E-state index contributed by atoms with van der Waals surface area (Å²) in [7, 11) is 0. The number of hydrogen-bond donors (Lipinski definition) is 2. The first kappa shape index (κ1) is 8.96. The minimum atomic E-state index is -1.31. The van der Waals surface area contributed by atoms with Crippen molar-refractivity contribution in [3.05, 3.63) is 29.1 Å². The number of nitrogens with two attached hydrogens (primary N) is 1. The third kappa shape index (κ3) is 1.22. The van der Waals surface area contributed by atoms with E-state index in [4.69, 9.17) is 15.6 Å². The maximum Gasteiger partial charge on any atom is 0.338 e. The molecule has 1 aromatic rings. The molecule has 1 aliphatic heterocycles. The molecule has 74 valence electrons. The van der Waals surface area contributed by atoms with Gasteiger partial charge in [0.2, 0.25) is 0 Å². The summed E-state index contributed by atoms with van der Waals surface area (Å²) in [5, 5.41) is 8.64. The predicted octanol–water partition coefficient (Wildman–Crippen LogP) is 0.916. The monoisotopic (exact) mass is 197 g/mol. The minimum absolute atomic E-state index is 0.262. The van der Waals surface area contributed by atoms with Crippen LogP contribution >= 0.6 is 0 Å². The minimum Gasteiger partial charge on any atom is -0.491 e. The van der Waals surface area contributed by atoms with Crippen LogP contribution in [-0.4, -0.2) is 17.7 Å². The van der Waals surface area contributed by atoms with Crippen LogP contribution in [0.4, 0.5) is 4.39 Å². The summed E-state index contributed by atoms with van der Waals surface area (Å²) >= 11 is 0. The average Bonchev–Trinajstić information content (AvgIpc) is 2.46. The van der Waals surface area contributed by atoms with Crippen LogP contribution in [0.1, 0.15) is 22.0 Å². The van der Waals surface area contributed by atoms with Gasteiger partial charge in [0.05, 0.1) is 11.6 Å². The Morgan fingerprint density at radius 1 is 1.64 bits per heavy atom. The molecular weight excluding hydrogens is 189 g/mol. The lowest BCUT2D eigenvalue weighted by molar-refractivity contribution is 0.0691. The fourth-order valence-electron chi connectivity index (χ4n) is 1.42. The van der Waals surface area contributed by atoms with Crippen molar-refractivity contribution >= 4 is 5.97 Å². The van der Waals surface area contributed by atoms with Gasteiger partial charge in [0, 0.05) is 5.56 Å².